The zero-order chi connectivity index (χ0) is 21.5. The normalized spacial score (nSPS) is 24.6. The number of ether oxygens (including phenoxy) is 2. The molecular formula is C22H34N4O4. The van der Waals surface area contributed by atoms with Crippen LogP contribution in [0.4, 0.5) is 10.5 Å². The van der Waals surface area contributed by atoms with Gasteiger partial charge in [0.05, 0.1) is 23.5 Å². The van der Waals surface area contributed by atoms with Gasteiger partial charge in [-0.3, -0.25) is 9.88 Å². The van der Waals surface area contributed by atoms with E-state index >= 15 is 0 Å². The summed E-state index contributed by atoms with van der Waals surface area (Å²) >= 11 is 0. The quantitative estimate of drug-likeness (QED) is 0.726. The molecule has 0 aliphatic carbocycles. The molecule has 8 nitrogen and oxygen atoms in total. The molecule has 3 unspecified atom stereocenters. The highest BCUT2D eigenvalue weighted by Gasteiger charge is 2.45. The molecule has 2 saturated heterocycles. The number of aliphatic hydroxyl groups is 1. The maximum absolute atomic E-state index is 12.8. The molecule has 4 rings (SSSR count). The Labute approximate surface area is 178 Å². The molecule has 8 heteroatoms. The Balaban J connectivity index is 1.60. The third kappa shape index (κ3) is 4.26. The molecule has 3 aliphatic heterocycles. The Bertz CT molecular complexity index is 780. The number of nitrogens with zero attached hydrogens (tertiary/aromatic N) is 3. The lowest BCUT2D eigenvalue weighted by atomic mass is 10.0. The molecule has 2 fully saturated rings. The van der Waals surface area contributed by atoms with E-state index in [1.165, 1.54) is 5.56 Å². The summed E-state index contributed by atoms with van der Waals surface area (Å²) < 4.78 is 11.1. The summed E-state index contributed by atoms with van der Waals surface area (Å²) in [7, 11) is 0. The first kappa shape index (κ1) is 21.3. The number of nitrogens with one attached hydrogen (secondary N) is 1. The highest BCUT2D eigenvalue weighted by molar-refractivity contribution is 5.70. The van der Waals surface area contributed by atoms with Crippen LogP contribution in [-0.4, -0.2) is 65.0 Å². The van der Waals surface area contributed by atoms with E-state index in [4.69, 9.17) is 9.47 Å². The number of fused-ring (bicyclic) bond motifs is 3. The maximum Gasteiger partial charge on any atom is 0.410 e. The SMILES string of the molecule is CCOC(O)c1cc(N2CC3CCC(C2)N3C(=O)OC(C)(C)C)c2c(n1)CNCC2. The molecule has 0 spiro atoms. The van der Waals surface area contributed by atoms with Crippen molar-refractivity contribution < 1.29 is 19.4 Å². The largest absolute Gasteiger partial charge is 0.444 e. The molecule has 2 N–H and O–H groups in total. The van der Waals surface area contributed by atoms with Gasteiger partial charge in [0.25, 0.3) is 0 Å². The van der Waals surface area contributed by atoms with Crippen molar-refractivity contribution in [2.24, 2.45) is 0 Å². The minimum absolute atomic E-state index is 0.143. The van der Waals surface area contributed by atoms with Gasteiger partial charge in [0.2, 0.25) is 0 Å². The summed E-state index contributed by atoms with van der Waals surface area (Å²) in [5.74, 6) is 0. The maximum atomic E-state index is 12.8. The van der Waals surface area contributed by atoms with Gasteiger partial charge in [-0.2, -0.15) is 0 Å². The Morgan fingerprint density at radius 1 is 1.33 bits per heavy atom. The van der Waals surface area contributed by atoms with Crippen molar-refractivity contribution in [3.63, 3.8) is 0 Å². The summed E-state index contributed by atoms with van der Waals surface area (Å²) in [6.07, 6.45) is 1.65. The van der Waals surface area contributed by atoms with Crippen LogP contribution in [0.2, 0.25) is 0 Å². The second kappa shape index (κ2) is 8.32. The average Bonchev–Trinajstić information content (AvgIpc) is 2.96. The third-order valence-corrected chi connectivity index (χ3v) is 6.06. The molecule has 3 aliphatic rings. The van der Waals surface area contributed by atoms with E-state index in [0.717, 1.165) is 50.3 Å². The van der Waals surface area contributed by atoms with Gasteiger partial charge in [-0.15, -0.1) is 0 Å². The Hall–Kier alpha value is -1.90. The van der Waals surface area contributed by atoms with Gasteiger partial charge >= 0.3 is 6.09 Å². The fourth-order valence-electron chi connectivity index (χ4n) is 4.83. The molecule has 4 heterocycles. The topological polar surface area (TPSA) is 87.2 Å². The van der Waals surface area contributed by atoms with Gasteiger partial charge in [-0.1, -0.05) is 0 Å². The van der Waals surface area contributed by atoms with Gasteiger partial charge in [0, 0.05) is 31.9 Å². The van der Waals surface area contributed by atoms with Crippen molar-refractivity contribution in [3.8, 4) is 0 Å². The van der Waals surface area contributed by atoms with Crippen molar-refractivity contribution in [1.29, 1.82) is 0 Å². The molecule has 1 aromatic rings. The van der Waals surface area contributed by atoms with Gasteiger partial charge in [0.1, 0.15) is 5.60 Å². The van der Waals surface area contributed by atoms with Crippen molar-refractivity contribution in [2.75, 3.05) is 31.1 Å². The van der Waals surface area contributed by atoms with Crippen LogP contribution in [0.15, 0.2) is 6.07 Å². The number of anilines is 1. The predicted octanol–water partition coefficient (Wildman–Crippen LogP) is 2.34. The number of rotatable bonds is 4. The lowest BCUT2D eigenvalue weighted by Gasteiger charge is -2.43. The smallest absolute Gasteiger partial charge is 0.410 e. The monoisotopic (exact) mass is 418 g/mol. The van der Waals surface area contributed by atoms with E-state index in [-0.39, 0.29) is 18.2 Å². The number of hydrogen-bond acceptors (Lipinski definition) is 7. The number of aliphatic hydroxyl groups excluding tert-OH is 1. The highest BCUT2D eigenvalue weighted by Crippen LogP contribution is 2.37. The first-order valence-electron chi connectivity index (χ1n) is 11.1. The third-order valence-electron chi connectivity index (χ3n) is 6.06. The Kier molecular flexibility index (Phi) is 5.92. The van der Waals surface area contributed by atoms with E-state index in [9.17, 15) is 9.90 Å². The van der Waals surface area contributed by atoms with Crippen LogP contribution in [0.1, 0.15) is 63.8 Å². The number of carbonyl (C=O) groups excluding carboxylic acids is 1. The summed E-state index contributed by atoms with van der Waals surface area (Å²) in [6, 6.07) is 2.27. The second-order valence-electron chi connectivity index (χ2n) is 9.40. The average molecular weight is 419 g/mol. The van der Waals surface area contributed by atoms with Crippen LogP contribution in [0.25, 0.3) is 0 Å². The minimum Gasteiger partial charge on any atom is -0.444 e. The van der Waals surface area contributed by atoms with Gasteiger partial charge < -0.3 is 24.8 Å². The standard InChI is InChI=1S/C22H34N4O4/c1-5-29-20(27)17-10-19(16-8-9-23-11-18(16)24-17)25-12-14-6-7-15(13-25)26(14)21(28)30-22(2,3)4/h10,14-15,20,23,27H,5-9,11-13H2,1-4H3. The van der Waals surface area contributed by atoms with E-state index in [0.29, 0.717) is 18.8 Å². The number of carbonyl (C=O) groups is 1. The van der Waals surface area contributed by atoms with Gasteiger partial charge in [0.15, 0.2) is 6.29 Å². The molecule has 166 valence electrons. The summed E-state index contributed by atoms with van der Waals surface area (Å²) in [5, 5.41) is 13.8. The minimum atomic E-state index is -1.03. The summed E-state index contributed by atoms with van der Waals surface area (Å²) in [4.78, 5) is 21.8. The van der Waals surface area contributed by atoms with Crippen LogP contribution in [0.3, 0.4) is 0 Å². The summed E-state index contributed by atoms with van der Waals surface area (Å²) in [5.41, 5.74) is 3.41. The van der Waals surface area contributed by atoms with Crippen LogP contribution >= 0.6 is 0 Å². The molecule has 2 bridgehead atoms. The van der Waals surface area contributed by atoms with Crippen molar-refractivity contribution in [3.05, 3.63) is 23.0 Å². The second-order valence-corrected chi connectivity index (χ2v) is 9.40. The lowest BCUT2D eigenvalue weighted by Crippen LogP contribution is -2.57. The van der Waals surface area contributed by atoms with Gasteiger partial charge in [-0.25, -0.2) is 4.79 Å². The molecule has 30 heavy (non-hydrogen) atoms. The molecule has 0 radical (unpaired) electrons. The molecule has 1 amide bonds. The van der Waals surface area contributed by atoms with Crippen molar-refractivity contribution in [1.82, 2.24) is 15.2 Å². The fourth-order valence-corrected chi connectivity index (χ4v) is 4.83. The predicted molar refractivity (Wildman–Crippen MR) is 113 cm³/mol. The van der Waals surface area contributed by atoms with Crippen LogP contribution in [0.5, 0.6) is 0 Å². The van der Waals surface area contributed by atoms with Crippen molar-refractivity contribution in [2.45, 2.75) is 77.5 Å². The lowest BCUT2D eigenvalue weighted by molar-refractivity contribution is -0.101. The van der Waals surface area contributed by atoms with Crippen molar-refractivity contribution >= 4 is 11.8 Å². The number of pyridine rings is 1. The zero-order valence-corrected chi connectivity index (χ0v) is 18.5. The number of amides is 1. The first-order chi connectivity index (χ1) is 14.3. The van der Waals surface area contributed by atoms with Crippen LogP contribution in [-0.2, 0) is 22.4 Å². The van der Waals surface area contributed by atoms with E-state index in [1.54, 1.807) is 0 Å². The first-order valence-corrected chi connectivity index (χ1v) is 11.1. The number of piperazine rings is 1. The Morgan fingerprint density at radius 3 is 2.67 bits per heavy atom. The number of hydrogen-bond donors (Lipinski definition) is 2. The van der Waals surface area contributed by atoms with Crippen LogP contribution < -0.4 is 10.2 Å². The van der Waals surface area contributed by atoms with E-state index in [1.807, 2.05) is 38.7 Å². The summed E-state index contributed by atoms with van der Waals surface area (Å²) in [6.45, 7) is 11.2. The zero-order valence-electron chi connectivity index (χ0n) is 18.5. The van der Waals surface area contributed by atoms with E-state index in [2.05, 4.69) is 15.2 Å². The molecule has 3 atom stereocenters. The Morgan fingerprint density at radius 2 is 2.03 bits per heavy atom. The molecule has 0 saturated carbocycles. The number of aromatic nitrogens is 1. The fraction of sp³-hybridized carbons (Fsp3) is 0.727. The molecule has 1 aromatic heterocycles. The van der Waals surface area contributed by atoms with E-state index < -0.39 is 11.9 Å². The highest BCUT2D eigenvalue weighted by atomic mass is 16.6. The molecular weight excluding hydrogens is 384 g/mol. The van der Waals surface area contributed by atoms with Crippen LogP contribution in [0, 0.1) is 0 Å². The van der Waals surface area contributed by atoms with Gasteiger partial charge in [-0.05, 0) is 65.1 Å². The molecule has 0 aromatic carbocycles.